The number of rotatable bonds is 5. The van der Waals surface area contributed by atoms with E-state index < -0.39 is 0 Å². The second kappa shape index (κ2) is 6.88. The molecule has 0 aliphatic carbocycles. The summed E-state index contributed by atoms with van der Waals surface area (Å²) >= 11 is 0. The van der Waals surface area contributed by atoms with Gasteiger partial charge in [-0.1, -0.05) is 30.3 Å². The number of nitrogens with two attached hydrogens (primary N) is 1. The molecule has 1 aliphatic rings. The van der Waals surface area contributed by atoms with Crippen molar-refractivity contribution in [3.05, 3.63) is 35.9 Å². The second-order valence-corrected chi connectivity index (χ2v) is 5.08. The largest absolute Gasteiger partial charge is 0.381 e. The van der Waals surface area contributed by atoms with Gasteiger partial charge >= 0.3 is 0 Å². The van der Waals surface area contributed by atoms with Crippen molar-refractivity contribution in [2.45, 2.75) is 31.9 Å². The van der Waals surface area contributed by atoms with Gasteiger partial charge < -0.3 is 15.2 Å². The Hall–Kier alpha value is -0.900. The van der Waals surface area contributed by atoms with Crippen molar-refractivity contribution in [3.8, 4) is 0 Å². The minimum atomic E-state index is -0.00551. The molecule has 0 radical (unpaired) electrons. The summed E-state index contributed by atoms with van der Waals surface area (Å²) in [5, 5.41) is 0. The van der Waals surface area contributed by atoms with Crippen LogP contribution in [0.2, 0.25) is 0 Å². The van der Waals surface area contributed by atoms with Gasteiger partial charge in [-0.25, -0.2) is 0 Å². The van der Waals surface area contributed by atoms with Crippen LogP contribution in [0.15, 0.2) is 30.3 Å². The summed E-state index contributed by atoms with van der Waals surface area (Å²) in [6.07, 6.45) is 2.19. The molecule has 0 aromatic heterocycles. The molecular weight excluding hydrogens is 226 g/mol. The molecule has 1 heterocycles. The molecule has 0 amide bonds. The fourth-order valence-electron chi connectivity index (χ4n) is 2.35. The Morgan fingerprint density at radius 2 is 1.94 bits per heavy atom. The molecule has 1 fully saturated rings. The lowest BCUT2D eigenvalue weighted by Crippen LogP contribution is -2.29. The average Bonchev–Trinajstić information content (AvgIpc) is 2.41. The third-order valence-electron chi connectivity index (χ3n) is 3.46. The minimum absolute atomic E-state index is 0.00551. The van der Waals surface area contributed by atoms with Crippen LogP contribution in [-0.2, 0) is 9.47 Å². The molecule has 3 heteroatoms. The summed E-state index contributed by atoms with van der Waals surface area (Å²) < 4.78 is 11.4. The first-order valence-corrected chi connectivity index (χ1v) is 6.77. The molecule has 3 nitrogen and oxygen atoms in total. The Morgan fingerprint density at radius 1 is 1.28 bits per heavy atom. The molecule has 0 spiro atoms. The number of ether oxygens (including phenoxy) is 2. The Kier molecular flexibility index (Phi) is 5.17. The van der Waals surface area contributed by atoms with Gasteiger partial charge in [0.25, 0.3) is 0 Å². The van der Waals surface area contributed by atoms with E-state index in [1.807, 2.05) is 25.1 Å². The van der Waals surface area contributed by atoms with E-state index in [4.69, 9.17) is 15.2 Å². The summed E-state index contributed by atoms with van der Waals surface area (Å²) in [6, 6.07) is 10.2. The predicted octanol–water partition coefficient (Wildman–Crippen LogP) is 2.52. The van der Waals surface area contributed by atoms with Crippen LogP contribution in [0.3, 0.4) is 0 Å². The van der Waals surface area contributed by atoms with Crippen LogP contribution >= 0.6 is 0 Å². The van der Waals surface area contributed by atoms with Crippen molar-refractivity contribution in [2.75, 3.05) is 19.8 Å². The van der Waals surface area contributed by atoms with E-state index in [1.54, 1.807) is 0 Å². The fourth-order valence-corrected chi connectivity index (χ4v) is 2.35. The van der Waals surface area contributed by atoms with E-state index >= 15 is 0 Å². The molecule has 0 saturated carbocycles. The first-order valence-electron chi connectivity index (χ1n) is 6.77. The van der Waals surface area contributed by atoms with Crippen LogP contribution in [0.5, 0.6) is 0 Å². The van der Waals surface area contributed by atoms with Gasteiger partial charge in [0.2, 0.25) is 0 Å². The van der Waals surface area contributed by atoms with Crippen LogP contribution in [0.4, 0.5) is 0 Å². The second-order valence-electron chi connectivity index (χ2n) is 5.08. The van der Waals surface area contributed by atoms with E-state index in [0.29, 0.717) is 5.92 Å². The van der Waals surface area contributed by atoms with E-state index in [-0.39, 0.29) is 12.1 Å². The molecule has 2 rings (SSSR count). The third kappa shape index (κ3) is 3.80. The van der Waals surface area contributed by atoms with Gasteiger partial charge in [0.15, 0.2) is 0 Å². The molecule has 0 bridgehead atoms. The third-order valence-corrected chi connectivity index (χ3v) is 3.46. The minimum Gasteiger partial charge on any atom is -0.381 e. The van der Waals surface area contributed by atoms with E-state index in [0.717, 1.165) is 32.7 Å². The normalized spacial score (nSPS) is 20.6. The number of benzene rings is 1. The van der Waals surface area contributed by atoms with Crippen molar-refractivity contribution >= 4 is 0 Å². The first kappa shape index (κ1) is 13.5. The maximum absolute atomic E-state index is 6.05. The maximum Gasteiger partial charge on any atom is 0.0973 e. The summed E-state index contributed by atoms with van der Waals surface area (Å²) in [7, 11) is 0. The maximum atomic E-state index is 6.05. The quantitative estimate of drug-likeness (QED) is 0.872. The molecule has 1 saturated heterocycles. The van der Waals surface area contributed by atoms with Crippen molar-refractivity contribution in [1.29, 1.82) is 0 Å². The highest BCUT2D eigenvalue weighted by molar-refractivity contribution is 5.18. The lowest BCUT2D eigenvalue weighted by Gasteiger charge is -2.27. The predicted molar refractivity (Wildman–Crippen MR) is 72.3 cm³/mol. The molecule has 1 aromatic rings. The smallest absolute Gasteiger partial charge is 0.0973 e. The van der Waals surface area contributed by atoms with Gasteiger partial charge in [-0.05, 0) is 31.2 Å². The Balaban J connectivity index is 1.90. The Morgan fingerprint density at radius 3 is 2.56 bits per heavy atom. The summed E-state index contributed by atoms with van der Waals surface area (Å²) in [5.41, 5.74) is 7.20. The Labute approximate surface area is 109 Å². The van der Waals surface area contributed by atoms with Crippen LogP contribution in [-0.4, -0.2) is 25.9 Å². The molecule has 2 atom stereocenters. The monoisotopic (exact) mass is 249 g/mol. The average molecular weight is 249 g/mol. The SMILES string of the molecule is CC(N)C(OCC1CCOCC1)c1ccccc1. The number of hydrogen-bond donors (Lipinski definition) is 1. The van der Waals surface area contributed by atoms with Crippen LogP contribution < -0.4 is 5.73 Å². The van der Waals surface area contributed by atoms with Gasteiger partial charge in [0.1, 0.15) is 0 Å². The summed E-state index contributed by atoms with van der Waals surface area (Å²) in [5.74, 6) is 0.615. The Bertz CT molecular complexity index is 334. The van der Waals surface area contributed by atoms with Crippen molar-refractivity contribution in [1.82, 2.24) is 0 Å². The topological polar surface area (TPSA) is 44.5 Å². The number of hydrogen-bond acceptors (Lipinski definition) is 3. The summed E-state index contributed by atoms with van der Waals surface area (Å²) in [6.45, 7) is 4.51. The van der Waals surface area contributed by atoms with Crippen molar-refractivity contribution in [2.24, 2.45) is 11.7 Å². The van der Waals surface area contributed by atoms with Gasteiger partial charge in [-0.15, -0.1) is 0 Å². The van der Waals surface area contributed by atoms with E-state index in [1.165, 1.54) is 5.56 Å². The highest BCUT2D eigenvalue weighted by atomic mass is 16.5. The highest BCUT2D eigenvalue weighted by Gasteiger charge is 2.20. The zero-order valence-corrected chi connectivity index (χ0v) is 11.0. The molecule has 2 unspecified atom stereocenters. The van der Waals surface area contributed by atoms with Gasteiger partial charge in [0, 0.05) is 19.3 Å². The van der Waals surface area contributed by atoms with E-state index in [9.17, 15) is 0 Å². The van der Waals surface area contributed by atoms with E-state index in [2.05, 4.69) is 12.1 Å². The van der Waals surface area contributed by atoms with Crippen LogP contribution in [0.1, 0.15) is 31.4 Å². The molecule has 100 valence electrons. The standard InChI is InChI=1S/C15H23NO2/c1-12(16)15(14-5-3-2-4-6-14)18-11-13-7-9-17-10-8-13/h2-6,12-13,15H,7-11,16H2,1H3. The molecule has 2 N–H and O–H groups in total. The fraction of sp³-hybridized carbons (Fsp3) is 0.600. The lowest BCUT2D eigenvalue weighted by molar-refractivity contribution is -0.0187. The first-order chi connectivity index (χ1) is 8.77. The molecular formula is C15H23NO2. The highest BCUT2D eigenvalue weighted by Crippen LogP contribution is 2.23. The molecule has 1 aliphatic heterocycles. The lowest BCUT2D eigenvalue weighted by atomic mass is 10.0. The zero-order chi connectivity index (χ0) is 12.8. The van der Waals surface area contributed by atoms with Crippen molar-refractivity contribution < 1.29 is 9.47 Å². The van der Waals surface area contributed by atoms with Gasteiger partial charge in [0.05, 0.1) is 12.7 Å². The summed E-state index contributed by atoms with van der Waals surface area (Å²) in [4.78, 5) is 0. The van der Waals surface area contributed by atoms with Crippen LogP contribution in [0, 0.1) is 5.92 Å². The van der Waals surface area contributed by atoms with Gasteiger partial charge in [-0.2, -0.15) is 0 Å². The zero-order valence-electron chi connectivity index (χ0n) is 11.0. The van der Waals surface area contributed by atoms with Crippen molar-refractivity contribution in [3.63, 3.8) is 0 Å². The molecule has 18 heavy (non-hydrogen) atoms. The molecule has 1 aromatic carbocycles. The van der Waals surface area contributed by atoms with Crippen LogP contribution in [0.25, 0.3) is 0 Å². The van der Waals surface area contributed by atoms with Gasteiger partial charge in [-0.3, -0.25) is 0 Å².